The average molecular weight is 663 g/mol. The van der Waals surface area contributed by atoms with Gasteiger partial charge in [0.15, 0.2) is 0 Å². The molecule has 0 saturated carbocycles. The minimum atomic E-state index is -0.710. The number of hydrogen-bond acceptors (Lipinski definition) is 6. The van der Waals surface area contributed by atoms with Gasteiger partial charge in [0.25, 0.3) is 11.5 Å². The summed E-state index contributed by atoms with van der Waals surface area (Å²) in [6.07, 6.45) is 4.28. The Bertz CT molecular complexity index is 2000. The first-order chi connectivity index (χ1) is 22.0. The number of amides is 2. The van der Waals surface area contributed by atoms with Crippen LogP contribution in [-0.2, 0) is 31.7 Å². The van der Waals surface area contributed by atoms with Gasteiger partial charge >= 0.3 is 5.69 Å². The Morgan fingerprint density at radius 2 is 1.72 bits per heavy atom. The van der Waals surface area contributed by atoms with Crippen LogP contribution in [0.4, 0.5) is 5.69 Å². The maximum absolute atomic E-state index is 13.1. The third-order valence-electron chi connectivity index (χ3n) is 8.71. The monoisotopic (exact) mass is 661 g/mol. The molecule has 0 bridgehead atoms. The highest BCUT2D eigenvalue weighted by Gasteiger charge is 2.28. The fourth-order valence-corrected chi connectivity index (χ4v) is 6.89. The molecule has 46 heavy (non-hydrogen) atoms. The number of fused-ring (bicyclic) bond motifs is 1. The van der Waals surface area contributed by atoms with Gasteiger partial charge in [-0.3, -0.25) is 19.0 Å². The van der Waals surface area contributed by atoms with Crippen molar-refractivity contribution in [2.45, 2.75) is 37.8 Å². The quantitative estimate of drug-likeness (QED) is 0.258. The van der Waals surface area contributed by atoms with E-state index in [1.165, 1.54) is 30.4 Å². The number of rotatable bonds is 8. The number of aryl methyl sites for hydroxylation is 1. The van der Waals surface area contributed by atoms with E-state index in [0.29, 0.717) is 22.6 Å². The lowest BCUT2D eigenvalue weighted by atomic mass is 9.95. The van der Waals surface area contributed by atoms with Gasteiger partial charge in [0, 0.05) is 62.0 Å². The largest absolute Gasteiger partial charge is 0.496 e. The Balaban J connectivity index is 1.27. The van der Waals surface area contributed by atoms with Crippen molar-refractivity contribution in [3.05, 3.63) is 102 Å². The van der Waals surface area contributed by atoms with Crippen LogP contribution in [0.25, 0.3) is 22.3 Å². The van der Waals surface area contributed by atoms with E-state index in [1.54, 1.807) is 25.3 Å². The summed E-state index contributed by atoms with van der Waals surface area (Å²) < 4.78 is 7.86. The molecule has 0 radical (unpaired) electrons. The fraction of sp³-hybridized carbons (Fsp3) is 0.294. The molecule has 3 aromatic carbocycles. The number of halogens is 2. The zero-order valence-corrected chi connectivity index (χ0v) is 27.1. The summed E-state index contributed by atoms with van der Waals surface area (Å²) in [4.78, 5) is 49.4. The van der Waals surface area contributed by atoms with Crippen molar-refractivity contribution in [3.8, 4) is 28.0 Å². The standard InChI is InChI=1S/C34H33Cl2N5O5/c1-40-17-26(33(44)41(2)34(40)45)32(43)39-27-9-5-8-24(31(27)36)23-7-4-6-22(30(23)35)19-12-18-13-21(15-25(18)28(14-19)46-3)37-16-20-10-11-29(42)38-20/h4-9,12,14,17,20-21,37H,10-11,13,15-16H2,1-3H3,(H,38,42)(H,39,43). The van der Waals surface area contributed by atoms with Crippen molar-refractivity contribution in [2.24, 2.45) is 14.1 Å². The molecule has 1 aromatic heterocycles. The maximum atomic E-state index is 13.1. The van der Waals surface area contributed by atoms with Crippen molar-refractivity contribution in [1.82, 2.24) is 19.8 Å². The lowest BCUT2D eigenvalue weighted by Crippen LogP contribution is -2.40. The normalized spacial score (nSPS) is 17.1. The summed E-state index contributed by atoms with van der Waals surface area (Å²) in [6, 6.07) is 15.4. The maximum Gasteiger partial charge on any atom is 0.330 e. The molecule has 3 N–H and O–H groups in total. The summed E-state index contributed by atoms with van der Waals surface area (Å²) in [5, 5.41) is 10.1. The predicted octanol–water partition coefficient (Wildman–Crippen LogP) is 4.32. The average Bonchev–Trinajstić information content (AvgIpc) is 3.66. The number of carbonyl (C=O) groups excluding carboxylic acids is 2. The van der Waals surface area contributed by atoms with E-state index in [2.05, 4.69) is 22.0 Å². The third kappa shape index (κ3) is 5.95. The zero-order chi connectivity index (χ0) is 32.7. The predicted molar refractivity (Wildman–Crippen MR) is 179 cm³/mol. The second kappa shape index (κ2) is 12.8. The molecule has 1 aliphatic heterocycles. The Hall–Kier alpha value is -4.38. The first-order valence-electron chi connectivity index (χ1n) is 14.9. The zero-order valence-electron chi connectivity index (χ0n) is 25.6. The van der Waals surface area contributed by atoms with Gasteiger partial charge in [-0.1, -0.05) is 59.6 Å². The van der Waals surface area contributed by atoms with Crippen LogP contribution >= 0.6 is 23.2 Å². The molecule has 2 amide bonds. The van der Waals surface area contributed by atoms with E-state index < -0.39 is 17.2 Å². The van der Waals surface area contributed by atoms with Crippen molar-refractivity contribution in [3.63, 3.8) is 0 Å². The van der Waals surface area contributed by atoms with Crippen LogP contribution in [-0.4, -0.2) is 46.7 Å². The number of carbonyl (C=O) groups is 2. The van der Waals surface area contributed by atoms with Gasteiger partial charge < -0.3 is 25.3 Å². The minimum Gasteiger partial charge on any atom is -0.496 e. The number of methoxy groups -OCH3 is 1. The molecule has 2 atom stereocenters. The molecule has 12 heteroatoms. The van der Waals surface area contributed by atoms with Crippen LogP contribution in [0.2, 0.25) is 10.0 Å². The number of ether oxygens (including phenoxy) is 1. The second-order valence-electron chi connectivity index (χ2n) is 11.7. The lowest BCUT2D eigenvalue weighted by molar-refractivity contribution is -0.119. The highest BCUT2D eigenvalue weighted by atomic mass is 35.5. The van der Waals surface area contributed by atoms with Gasteiger partial charge in [0.05, 0.1) is 22.8 Å². The van der Waals surface area contributed by atoms with E-state index in [0.717, 1.165) is 52.8 Å². The SMILES string of the molecule is COc1cc(-c2cccc(-c3cccc(NC(=O)c4cn(C)c(=O)n(C)c4=O)c3Cl)c2Cl)cc2c1CC(NCC1CCC(=O)N1)C2. The molecule has 2 aliphatic rings. The molecule has 1 saturated heterocycles. The molecule has 238 valence electrons. The molecule has 1 fully saturated rings. The third-order valence-corrected chi connectivity index (χ3v) is 9.53. The van der Waals surface area contributed by atoms with Crippen LogP contribution in [0.15, 0.2) is 64.3 Å². The van der Waals surface area contributed by atoms with Crippen LogP contribution in [0, 0.1) is 0 Å². The van der Waals surface area contributed by atoms with Gasteiger partial charge in [-0.2, -0.15) is 0 Å². The topological polar surface area (TPSA) is 123 Å². The molecule has 1 aliphatic carbocycles. The summed E-state index contributed by atoms with van der Waals surface area (Å²) in [6.45, 7) is 0.732. The van der Waals surface area contributed by atoms with Crippen molar-refractivity contribution in [2.75, 3.05) is 19.0 Å². The van der Waals surface area contributed by atoms with Crippen molar-refractivity contribution >= 4 is 40.7 Å². The molecule has 2 heterocycles. The number of aromatic nitrogens is 2. The first kappa shape index (κ1) is 31.6. The number of nitrogens with one attached hydrogen (secondary N) is 3. The Kier molecular flexibility index (Phi) is 8.78. The van der Waals surface area contributed by atoms with E-state index in [-0.39, 0.29) is 34.3 Å². The number of anilines is 1. The van der Waals surface area contributed by atoms with Gasteiger partial charge in [-0.15, -0.1) is 0 Å². The van der Waals surface area contributed by atoms with Gasteiger partial charge in [-0.25, -0.2) is 4.79 Å². The van der Waals surface area contributed by atoms with E-state index in [1.807, 2.05) is 24.3 Å². The smallest absolute Gasteiger partial charge is 0.330 e. The van der Waals surface area contributed by atoms with E-state index in [9.17, 15) is 19.2 Å². The first-order valence-corrected chi connectivity index (χ1v) is 15.7. The highest BCUT2D eigenvalue weighted by molar-refractivity contribution is 6.39. The molecule has 6 rings (SSSR count). The molecule has 10 nitrogen and oxygen atoms in total. The van der Waals surface area contributed by atoms with Crippen molar-refractivity contribution < 1.29 is 14.3 Å². The Labute approximate surface area is 275 Å². The number of nitrogens with zero attached hydrogens (tertiary/aromatic N) is 2. The van der Waals surface area contributed by atoms with Crippen molar-refractivity contribution in [1.29, 1.82) is 0 Å². The van der Waals surface area contributed by atoms with Crippen LogP contribution < -0.4 is 31.9 Å². The van der Waals surface area contributed by atoms with E-state index >= 15 is 0 Å². The summed E-state index contributed by atoms with van der Waals surface area (Å²) in [7, 11) is 4.44. The molecule has 4 aromatic rings. The minimum absolute atomic E-state index is 0.109. The Morgan fingerprint density at radius 3 is 2.43 bits per heavy atom. The Morgan fingerprint density at radius 1 is 1.00 bits per heavy atom. The number of benzene rings is 3. The van der Waals surface area contributed by atoms with E-state index in [4.69, 9.17) is 27.9 Å². The molecular weight excluding hydrogens is 629 g/mol. The molecule has 0 spiro atoms. The summed E-state index contributed by atoms with van der Waals surface area (Å²) in [5.41, 5.74) is 4.13. The van der Waals surface area contributed by atoms with Gasteiger partial charge in [0.1, 0.15) is 11.3 Å². The summed E-state index contributed by atoms with van der Waals surface area (Å²) in [5.74, 6) is 0.207. The second-order valence-corrected chi connectivity index (χ2v) is 12.5. The summed E-state index contributed by atoms with van der Waals surface area (Å²) >= 11 is 13.9. The van der Waals surface area contributed by atoms with Crippen LogP contribution in [0.5, 0.6) is 5.75 Å². The van der Waals surface area contributed by atoms with Gasteiger partial charge in [0.2, 0.25) is 5.91 Å². The number of hydrogen-bond donors (Lipinski definition) is 3. The lowest BCUT2D eigenvalue weighted by Gasteiger charge is -2.16. The molecule has 2 unspecified atom stereocenters. The highest BCUT2D eigenvalue weighted by Crippen LogP contribution is 2.43. The van der Waals surface area contributed by atoms with Crippen LogP contribution in [0.1, 0.15) is 34.3 Å². The van der Waals surface area contributed by atoms with Crippen LogP contribution in [0.3, 0.4) is 0 Å². The fourth-order valence-electron chi connectivity index (χ4n) is 6.28. The van der Waals surface area contributed by atoms with Gasteiger partial charge in [-0.05, 0) is 48.1 Å². The molecular formula is C34H33Cl2N5O5.